The normalized spacial score (nSPS) is 19.1. The van der Waals surface area contributed by atoms with Gasteiger partial charge in [0.2, 0.25) is 5.91 Å². The van der Waals surface area contributed by atoms with E-state index < -0.39 is 0 Å². The number of carbonyl (C=O) groups excluding carboxylic acids is 1. The van der Waals surface area contributed by atoms with E-state index in [2.05, 4.69) is 10.3 Å². The van der Waals surface area contributed by atoms with E-state index in [1.807, 2.05) is 30.3 Å². The Morgan fingerprint density at radius 1 is 1.15 bits per heavy atom. The maximum atomic E-state index is 10.9. The number of nitrogens with one attached hydrogen (secondary N) is 1. The van der Waals surface area contributed by atoms with Crippen molar-refractivity contribution in [2.45, 2.75) is 12.8 Å². The van der Waals surface area contributed by atoms with Gasteiger partial charge in [0.15, 0.2) is 0 Å². The average molecular weight is 174 g/mol. The van der Waals surface area contributed by atoms with E-state index in [9.17, 15) is 4.79 Å². The molecule has 0 atom stereocenters. The first-order valence-corrected chi connectivity index (χ1v) is 4.27. The van der Waals surface area contributed by atoms with Gasteiger partial charge >= 0.3 is 0 Å². The lowest BCUT2D eigenvalue weighted by molar-refractivity contribution is -0.118. The highest BCUT2D eigenvalue weighted by Gasteiger charge is 2.14. The molecule has 0 bridgehead atoms. The van der Waals surface area contributed by atoms with Crippen molar-refractivity contribution in [3.63, 3.8) is 0 Å². The van der Waals surface area contributed by atoms with E-state index >= 15 is 0 Å². The Labute approximate surface area is 76.5 Å². The fourth-order valence-electron chi connectivity index (χ4n) is 1.26. The molecule has 0 aromatic heterocycles. The van der Waals surface area contributed by atoms with Crippen LogP contribution >= 0.6 is 0 Å². The molecule has 1 amide bonds. The largest absolute Gasteiger partial charge is 0.314 e. The first-order chi connectivity index (χ1) is 6.34. The van der Waals surface area contributed by atoms with Crippen LogP contribution in [-0.4, -0.2) is 11.7 Å². The van der Waals surface area contributed by atoms with Crippen LogP contribution in [0.2, 0.25) is 0 Å². The maximum Gasteiger partial charge on any atom is 0.225 e. The molecule has 1 aliphatic heterocycles. The average Bonchev–Trinajstić information content (AvgIpc) is 2.53. The van der Waals surface area contributed by atoms with E-state index in [0.29, 0.717) is 6.42 Å². The van der Waals surface area contributed by atoms with Crippen molar-refractivity contribution in [2.24, 2.45) is 4.99 Å². The van der Waals surface area contributed by atoms with Crippen molar-refractivity contribution in [2.75, 3.05) is 0 Å². The van der Waals surface area contributed by atoms with Crippen molar-refractivity contribution in [1.29, 1.82) is 0 Å². The van der Waals surface area contributed by atoms with E-state index in [1.54, 1.807) is 0 Å². The zero-order chi connectivity index (χ0) is 9.10. The molecule has 0 unspecified atom stereocenters. The van der Waals surface area contributed by atoms with Crippen LogP contribution < -0.4 is 5.32 Å². The molecular formula is C10H10N2O. The number of benzene rings is 1. The minimum Gasteiger partial charge on any atom is -0.314 e. The first-order valence-electron chi connectivity index (χ1n) is 4.27. The Bertz CT molecular complexity index is 343. The van der Waals surface area contributed by atoms with E-state index in [-0.39, 0.29) is 5.91 Å². The van der Waals surface area contributed by atoms with E-state index in [1.165, 1.54) is 0 Å². The summed E-state index contributed by atoms with van der Waals surface area (Å²) in [6, 6.07) is 9.62. The summed E-state index contributed by atoms with van der Waals surface area (Å²) in [6.45, 7) is 0. The minimum absolute atomic E-state index is 0.0645. The molecule has 1 N–H and O–H groups in total. The standard InChI is InChI=1S/C10H10N2O/c13-10-7-6-9(12-10)11-8-4-2-1-3-5-8/h1-5H,6-7H2,(H,11,12,13). The molecule has 1 aromatic rings. The number of amides is 1. The molecule has 1 fully saturated rings. The SMILES string of the molecule is O=C1CCC(=Nc2ccccc2)N1. The lowest BCUT2D eigenvalue weighted by Gasteiger charge is -1.96. The van der Waals surface area contributed by atoms with Gasteiger partial charge in [0.1, 0.15) is 5.84 Å². The number of rotatable bonds is 1. The van der Waals surface area contributed by atoms with Gasteiger partial charge in [-0.1, -0.05) is 18.2 Å². The van der Waals surface area contributed by atoms with E-state index in [4.69, 9.17) is 0 Å². The molecule has 0 radical (unpaired) electrons. The summed E-state index contributed by atoms with van der Waals surface area (Å²) in [6.07, 6.45) is 1.29. The fraction of sp³-hybridized carbons (Fsp3) is 0.200. The second-order valence-corrected chi connectivity index (χ2v) is 2.94. The Hall–Kier alpha value is -1.64. The predicted molar refractivity (Wildman–Crippen MR) is 50.9 cm³/mol. The molecule has 1 aliphatic rings. The lowest BCUT2D eigenvalue weighted by atomic mass is 10.3. The van der Waals surface area contributed by atoms with Gasteiger partial charge in [0, 0.05) is 12.8 Å². The van der Waals surface area contributed by atoms with Gasteiger partial charge in [-0.25, -0.2) is 4.99 Å². The molecule has 3 nitrogen and oxygen atoms in total. The van der Waals surface area contributed by atoms with Gasteiger partial charge in [-0.3, -0.25) is 4.79 Å². The third-order valence-corrected chi connectivity index (χ3v) is 1.89. The number of hydrogen-bond acceptors (Lipinski definition) is 2. The number of aliphatic imine (C=N–C) groups is 1. The van der Waals surface area contributed by atoms with Gasteiger partial charge in [-0.05, 0) is 12.1 Å². The van der Waals surface area contributed by atoms with Crippen molar-refractivity contribution in [3.8, 4) is 0 Å². The van der Waals surface area contributed by atoms with Crippen LogP contribution in [0.1, 0.15) is 12.8 Å². The van der Waals surface area contributed by atoms with Crippen LogP contribution in [0.5, 0.6) is 0 Å². The predicted octanol–water partition coefficient (Wildman–Crippen LogP) is 1.63. The molecular weight excluding hydrogens is 164 g/mol. The van der Waals surface area contributed by atoms with Crippen molar-refractivity contribution < 1.29 is 4.79 Å². The monoisotopic (exact) mass is 174 g/mol. The fourth-order valence-corrected chi connectivity index (χ4v) is 1.26. The molecule has 1 heterocycles. The summed E-state index contributed by atoms with van der Waals surface area (Å²) < 4.78 is 0. The van der Waals surface area contributed by atoms with Crippen LogP contribution in [0.3, 0.4) is 0 Å². The van der Waals surface area contributed by atoms with Crippen LogP contribution in [-0.2, 0) is 4.79 Å². The van der Waals surface area contributed by atoms with Crippen LogP contribution in [0.25, 0.3) is 0 Å². The summed E-state index contributed by atoms with van der Waals surface area (Å²) in [5.74, 6) is 0.839. The van der Waals surface area contributed by atoms with Gasteiger partial charge in [-0.2, -0.15) is 0 Å². The quantitative estimate of drug-likeness (QED) is 0.690. The van der Waals surface area contributed by atoms with Crippen molar-refractivity contribution >= 4 is 17.4 Å². The summed E-state index contributed by atoms with van der Waals surface area (Å²) in [4.78, 5) is 15.1. The molecule has 1 aromatic carbocycles. The molecule has 1 saturated heterocycles. The third kappa shape index (κ3) is 1.93. The summed E-state index contributed by atoms with van der Waals surface area (Å²) in [5.41, 5.74) is 0.889. The Kier molecular flexibility index (Phi) is 2.08. The third-order valence-electron chi connectivity index (χ3n) is 1.89. The van der Waals surface area contributed by atoms with Crippen LogP contribution in [0.4, 0.5) is 5.69 Å². The molecule has 0 spiro atoms. The second kappa shape index (κ2) is 3.39. The number of hydrogen-bond donors (Lipinski definition) is 1. The molecule has 0 saturated carbocycles. The lowest BCUT2D eigenvalue weighted by Crippen LogP contribution is -2.19. The van der Waals surface area contributed by atoms with Crippen molar-refractivity contribution in [1.82, 2.24) is 5.32 Å². The van der Waals surface area contributed by atoms with Gasteiger partial charge in [-0.15, -0.1) is 0 Å². The zero-order valence-electron chi connectivity index (χ0n) is 7.16. The summed E-state index contributed by atoms with van der Waals surface area (Å²) in [5, 5.41) is 2.71. The van der Waals surface area contributed by atoms with Crippen molar-refractivity contribution in [3.05, 3.63) is 30.3 Å². The molecule has 3 heteroatoms. The first kappa shape index (κ1) is 7.98. The highest BCUT2D eigenvalue weighted by Crippen LogP contribution is 2.12. The molecule has 2 rings (SSSR count). The topological polar surface area (TPSA) is 41.5 Å². The minimum atomic E-state index is 0.0645. The maximum absolute atomic E-state index is 10.9. The molecule has 0 aliphatic carbocycles. The Morgan fingerprint density at radius 2 is 1.92 bits per heavy atom. The number of nitrogens with zero attached hydrogens (tertiary/aromatic N) is 1. The summed E-state index contributed by atoms with van der Waals surface area (Å²) in [7, 11) is 0. The van der Waals surface area contributed by atoms with E-state index in [0.717, 1.165) is 17.9 Å². The smallest absolute Gasteiger partial charge is 0.225 e. The zero-order valence-corrected chi connectivity index (χ0v) is 7.16. The number of carbonyl (C=O) groups is 1. The van der Waals surface area contributed by atoms with Gasteiger partial charge in [0.25, 0.3) is 0 Å². The second-order valence-electron chi connectivity index (χ2n) is 2.94. The highest BCUT2D eigenvalue weighted by atomic mass is 16.1. The Balaban J connectivity index is 2.17. The van der Waals surface area contributed by atoms with Gasteiger partial charge < -0.3 is 5.32 Å². The van der Waals surface area contributed by atoms with Crippen LogP contribution in [0.15, 0.2) is 35.3 Å². The molecule has 13 heavy (non-hydrogen) atoms. The number of amidine groups is 1. The van der Waals surface area contributed by atoms with Crippen LogP contribution in [0, 0.1) is 0 Å². The summed E-state index contributed by atoms with van der Waals surface area (Å²) >= 11 is 0. The molecule has 66 valence electrons. The van der Waals surface area contributed by atoms with Gasteiger partial charge in [0.05, 0.1) is 5.69 Å². The Morgan fingerprint density at radius 3 is 2.54 bits per heavy atom. The number of para-hydroxylation sites is 1. The highest BCUT2D eigenvalue weighted by molar-refractivity contribution is 6.05.